The minimum absolute atomic E-state index is 0.0337. The van der Waals surface area contributed by atoms with Gasteiger partial charge in [-0.3, -0.25) is 0 Å². The number of aromatic nitrogens is 3. The lowest BCUT2D eigenvalue weighted by molar-refractivity contribution is 0.240. The molecule has 0 aromatic carbocycles. The highest BCUT2D eigenvalue weighted by Gasteiger charge is 2.34. The topological polar surface area (TPSA) is 56.7 Å². The monoisotopic (exact) mass is 244 g/mol. The van der Waals surface area contributed by atoms with Gasteiger partial charge >= 0.3 is 0 Å². The molecule has 1 saturated carbocycles. The second-order valence-electron chi connectivity index (χ2n) is 5.73. The number of pyridine rings is 1. The molecule has 0 radical (unpaired) electrons. The van der Waals surface area contributed by atoms with Gasteiger partial charge in [0, 0.05) is 24.2 Å². The molecule has 1 aliphatic rings. The summed E-state index contributed by atoms with van der Waals surface area (Å²) in [5.41, 5.74) is 8.27. The van der Waals surface area contributed by atoms with E-state index in [1.165, 1.54) is 6.42 Å². The van der Waals surface area contributed by atoms with Crippen LogP contribution in [0.3, 0.4) is 0 Å². The second kappa shape index (κ2) is 4.05. The normalized spacial score (nSPS) is 18.2. The van der Waals surface area contributed by atoms with Crippen molar-refractivity contribution in [2.24, 2.45) is 5.73 Å². The Morgan fingerprint density at radius 3 is 2.83 bits per heavy atom. The Morgan fingerprint density at radius 1 is 1.44 bits per heavy atom. The van der Waals surface area contributed by atoms with E-state index in [1.807, 2.05) is 18.3 Å². The molecule has 2 aromatic heterocycles. The molecule has 0 aliphatic heterocycles. The van der Waals surface area contributed by atoms with Gasteiger partial charge in [0.2, 0.25) is 0 Å². The molecule has 0 saturated heterocycles. The number of hydrogen-bond acceptors (Lipinski definition) is 3. The van der Waals surface area contributed by atoms with Crippen LogP contribution in [0.15, 0.2) is 18.3 Å². The SMILES string of the molecule is CC(C)n1c(CC2(N)CCC2)nc2cccnc21. The van der Waals surface area contributed by atoms with E-state index in [2.05, 4.69) is 23.4 Å². The van der Waals surface area contributed by atoms with Crippen LogP contribution < -0.4 is 5.73 Å². The highest BCUT2D eigenvalue weighted by molar-refractivity contribution is 5.71. The maximum Gasteiger partial charge on any atom is 0.160 e. The van der Waals surface area contributed by atoms with Gasteiger partial charge in [0.15, 0.2) is 5.65 Å². The van der Waals surface area contributed by atoms with E-state index in [0.717, 1.165) is 36.3 Å². The third kappa shape index (κ3) is 1.81. The van der Waals surface area contributed by atoms with Crippen LogP contribution >= 0.6 is 0 Å². The van der Waals surface area contributed by atoms with Gasteiger partial charge in [0.1, 0.15) is 11.3 Å². The number of rotatable bonds is 3. The largest absolute Gasteiger partial charge is 0.325 e. The van der Waals surface area contributed by atoms with Crippen molar-refractivity contribution in [2.75, 3.05) is 0 Å². The van der Waals surface area contributed by atoms with E-state index >= 15 is 0 Å². The van der Waals surface area contributed by atoms with Gasteiger partial charge in [0.05, 0.1) is 0 Å². The zero-order valence-corrected chi connectivity index (χ0v) is 11.1. The lowest BCUT2D eigenvalue weighted by atomic mass is 9.75. The van der Waals surface area contributed by atoms with E-state index in [1.54, 1.807) is 0 Å². The third-order valence-electron chi connectivity index (χ3n) is 3.90. The van der Waals surface area contributed by atoms with Crippen molar-refractivity contribution >= 4 is 11.2 Å². The fraction of sp³-hybridized carbons (Fsp3) is 0.571. The Labute approximate surface area is 107 Å². The number of hydrogen-bond donors (Lipinski definition) is 1. The Hall–Kier alpha value is -1.42. The summed E-state index contributed by atoms with van der Waals surface area (Å²) in [6.45, 7) is 4.34. The zero-order valence-electron chi connectivity index (χ0n) is 11.1. The molecule has 2 heterocycles. The standard InChI is InChI=1S/C14H20N4/c1-10(2)18-12(9-14(15)6-4-7-14)17-11-5-3-8-16-13(11)18/h3,5,8,10H,4,6-7,9,15H2,1-2H3. The van der Waals surface area contributed by atoms with E-state index < -0.39 is 0 Å². The number of fused-ring (bicyclic) bond motifs is 1. The van der Waals surface area contributed by atoms with Gasteiger partial charge < -0.3 is 10.3 Å². The van der Waals surface area contributed by atoms with Crippen LogP contribution in [0.1, 0.15) is 45.0 Å². The van der Waals surface area contributed by atoms with Crippen LogP contribution in [0, 0.1) is 0 Å². The van der Waals surface area contributed by atoms with Gasteiger partial charge in [-0.1, -0.05) is 0 Å². The summed E-state index contributed by atoms with van der Waals surface area (Å²) >= 11 is 0. The highest BCUT2D eigenvalue weighted by Crippen LogP contribution is 2.33. The minimum Gasteiger partial charge on any atom is -0.325 e. The lowest BCUT2D eigenvalue weighted by Crippen LogP contribution is -2.49. The molecule has 3 rings (SSSR count). The fourth-order valence-corrected chi connectivity index (χ4v) is 2.77. The quantitative estimate of drug-likeness (QED) is 0.902. The summed E-state index contributed by atoms with van der Waals surface area (Å²) in [5, 5.41) is 0. The maximum absolute atomic E-state index is 6.35. The van der Waals surface area contributed by atoms with Crippen molar-refractivity contribution in [2.45, 2.75) is 51.1 Å². The van der Waals surface area contributed by atoms with Crippen LogP contribution in [0.5, 0.6) is 0 Å². The number of imidazole rings is 1. The lowest BCUT2D eigenvalue weighted by Gasteiger charge is -2.38. The summed E-state index contributed by atoms with van der Waals surface area (Å²) in [6, 6.07) is 4.32. The summed E-state index contributed by atoms with van der Waals surface area (Å²) < 4.78 is 2.22. The van der Waals surface area contributed by atoms with Gasteiger partial charge in [-0.2, -0.15) is 0 Å². The molecular formula is C14H20N4. The predicted molar refractivity (Wildman–Crippen MR) is 72.4 cm³/mol. The van der Waals surface area contributed by atoms with Gasteiger partial charge in [0.25, 0.3) is 0 Å². The Balaban J connectivity index is 2.07. The molecule has 0 atom stereocenters. The molecule has 96 valence electrons. The van der Waals surface area contributed by atoms with Gasteiger partial charge in [-0.25, -0.2) is 9.97 Å². The molecule has 1 fully saturated rings. The Morgan fingerprint density at radius 2 is 2.22 bits per heavy atom. The Bertz CT molecular complexity index is 566. The van der Waals surface area contributed by atoms with Crippen molar-refractivity contribution in [1.29, 1.82) is 0 Å². The predicted octanol–water partition coefficient (Wildman–Crippen LogP) is 2.44. The molecule has 4 heteroatoms. The molecular weight excluding hydrogens is 224 g/mol. The summed E-state index contributed by atoms with van der Waals surface area (Å²) in [4.78, 5) is 9.18. The van der Waals surface area contributed by atoms with Crippen LogP contribution in [0.2, 0.25) is 0 Å². The molecule has 1 aliphatic carbocycles. The van der Waals surface area contributed by atoms with E-state index in [0.29, 0.717) is 6.04 Å². The molecule has 0 bridgehead atoms. The fourth-order valence-electron chi connectivity index (χ4n) is 2.77. The number of nitrogens with zero attached hydrogens (tertiary/aromatic N) is 3. The number of nitrogens with two attached hydrogens (primary N) is 1. The first kappa shape index (κ1) is 11.7. The van der Waals surface area contributed by atoms with E-state index in [4.69, 9.17) is 10.7 Å². The van der Waals surface area contributed by atoms with Crippen molar-refractivity contribution in [1.82, 2.24) is 14.5 Å². The minimum atomic E-state index is -0.0337. The molecule has 2 aromatic rings. The third-order valence-corrected chi connectivity index (χ3v) is 3.90. The van der Waals surface area contributed by atoms with Crippen LogP contribution in [-0.4, -0.2) is 20.1 Å². The summed E-state index contributed by atoms with van der Waals surface area (Å²) in [5.74, 6) is 1.08. The maximum atomic E-state index is 6.35. The van der Waals surface area contributed by atoms with Crippen molar-refractivity contribution < 1.29 is 0 Å². The van der Waals surface area contributed by atoms with Crippen LogP contribution in [0.25, 0.3) is 11.2 Å². The van der Waals surface area contributed by atoms with Crippen LogP contribution in [-0.2, 0) is 6.42 Å². The summed E-state index contributed by atoms with van der Waals surface area (Å²) in [7, 11) is 0. The molecule has 4 nitrogen and oxygen atoms in total. The first-order chi connectivity index (χ1) is 8.59. The highest BCUT2D eigenvalue weighted by atomic mass is 15.1. The zero-order chi connectivity index (χ0) is 12.8. The second-order valence-corrected chi connectivity index (χ2v) is 5.73. The van der Waals surface area contributed by atoms with E-state index in [-0.39, 0.29) is 5.54 Å². The molecule has 2 N–H and O–H groups in total. The van der Waals surface area contributed by atoms with Crippen molar-refractivity contribution in [3.63, 3.8) is 0 Å². The van der Waals surface area contributed by atoms with Gasteiger partial charge in [-0.05, 0) is 45.2 Å². The summed E-state index contributed by atoms with van der Waals surface area (Å²) in [6.07, 6.45) is 6.16. The van der Waals surface area contributed by atoms with Crippen LogP contribution in [0.4, 0.5) is 0 Å². The first-order valence-corrected chi connectivity index (χ1v) is 6.70. The molecule has 0 spiro atoms. The molecule has 18 heavy (non-hydrogen) atoms. The van der Waals surface area contributed by atoms with Gasteiger partial charge in [-0.15, -0.1) is 0 Å². The Kier molecular flexibility index (Phi) is 2.63. The molecule has 0 unspecified atom stereocenters. The average Bonchev–Trinajstić information content (AvgIpc) is 2.64. The average molecular weight is 244 g/mol. The van der Waals surface area contributed by atoms with E-state index in [9.17, 15) is 0 Å². The first-order valence-electron chi connectivity index (χ1n) is 6.70. The van der Waals surface area contributed by atoms with Crippen molar-refractivity contribution in [3.8, 4) is 0 Å². The molecule has 0 amide bonds. The van der Waals surface area contributed by atoms with Crippen molar-refractivity contribution in [3.05, 3.63) is 24.2 Å². The smallest absolute Gasteiger partial charge is 0.160 e.